The highest BCUT2D eigenvalue weighted by Gasteiger charge is 2.13. The van der Waals surface area contributed by atoms with E-state index in [0.717, 1.165) is 12.1 Å². The number of aromatic nitrogens is 3. The third-order valence-corrected chi connectivity index (χ3v) is 3.44. The number of nitrogens with one attached hydrogen (secondary N) is 2. The van der Waals surface area contributed by atoms with Crippen molar-refractivity contribution in [1.82, 2.24) is 19.9 Å². The molecular weight excluding hydrogens is 247 g/mol. The molecule has 8 heteroatoms. The number of halogens is 1. The zero-order valence-electron chi connectivity index (χ0n) is 8.59. The number of nitrogens with zero attached hydrogens (tertiary/aromatic N) is 2. The number of aromatic amines is 1. The average molecular weight is 256 g/mol. The van der Waals surface area contributed by atoms with Gasteiger partial charge in [0.25, 0.3) is 0 Å². The van der Waals surface area contributed by atoms with Crippen LogP contribution in [0, 0.1) is 5.82 Å². The fourth-order valence-corrected chi connectivity index (χ4v) is 2.16. The molecule has 90 valence electrons. The number of sulfonamides is 1. The first-order chi connectivity index (χ1) is 8.08. The molecule has 1 heterocycles. The molecule has 17 heavy (non-hydrogen) atoms. The van der Waals surface area contributed by atoms with Crippen LogP contribution < -0.4 is 4.72 Å². The molecule has 0 aliphatic heterocycles. The third-order valence-electron chi connectivity index (χ3n) is 2.02. The second-order valence-corrected chi connectivity index (χ2v) is 4.98. The van der Waals surface area contributed by atoms with Gasteiger partial charge in [-0.25, -0.2) is 22.5 Å². The van der Waals surface area contributed by atoms with E-state index in [4.69, 9.17) is 0 Å². The van der Waals surface area contributed by atoms with Crippen molar-refractivity contribution in [1.29, 1.82) is 0 Å². The molecule has 1 aromatic carbocycles. The average Bonchev–Trinajstić information content (AvgIpc) is 2.80. The normalized spacial score (nSPS) is 11.6. The number of H-pyrrole nitrogens is 1. The maximum atomic E-state index is 12.6. The van der Waals surface area contributed by atoms with Crippen molar-refractivity contribution in [3.8, 4) is 0 Å². The molecule has 0 radical (unpaired) electrons. The van der Waals surface area contributed by atoms with E-state index in [-0.39, 0.29) is 11.4 Å². The van der Waals surface area contributed by atoms with Crippen molar-refractivity contribution in [3.05, 3.63) is 42.2 Å². The summed E-state index contributed by atoms with van der Waals surface area (Å²) in [5.74, 6) is -0.0881. The highest BCUT2D eigenvalue weighted by Crippen LogP contribution is 2.09. The smallest absolute Gasteiger partial charge is 0.240 e. The molecule has 6 nitrogen and oxygen atoms in total. The summed E-state index contributed by atoms with van der Waals surface area (Å²) in [5, 5.41) is 6.11. The van der Waals surface area contributed by atoms with E-state index >= 15 is 0 Å². The number of rotatable bonds is 4. The molecule has 2 N–H and O–H groups in total. The second kappa shape index (κ2) is 4.60. The maximum absolute atomic E-state index is 12.6. The maximum Gasteiger partial charge on any atom is 0.240 e. The molecule has 2 aromatic rings. The van der Waals surface area contributed by atoms with E-state index in [9.17, 15) is 12.8 Å². The van der Waals surface area contributed by atoms with Crippen molar-refractivity contribution < 1.29 is 12.8 Å². The zero-order chi connectivity index (χ0) is 12.3. The molecule has 0 spiro atoms. The Kier molecular flexibility index (Phi) is 3.16. The molecule has 0 unspecified atom stereocenters. The van der Waals surface area contributed by atoms with E-state index in [1.807, 2.05) is 0 Å². The summed E-state index contributed by atoms with van der Waals surface area (Å²) in [6.07, 6.45) is 1.28. The van der Waals surface area contributed by atoms with Crippen molar-refractivity contribution in [2.24, 2.45) is 0 Å². The van der Waals surface area contributed by atoms with Gasteiger partial charge < -0.3 is 0 Å². The molecule has 0 amide bonds. The van der Waals surface area contributed by atoms with Gasteiger partial charge in [0.15, 0.2) is 0 Å². The number of hydrogen-bond donors (Lipinski definition) is 2. The second-order valence-electron chi connectivity index (χ2n) is 3.21. The minimum absolute atomic E-state index is 0.000288. The van der Waals surface area contributed by atoms with Gasteiger partial charge in [0, 0.05) is 0 Å². The Hall–Kier alpha value is -1.80. The van der Waals surface area contributed by atoms with Crippen molar-refractivity contribution >= 4 is 10.0 Å². The molecule has 0 atom stereocenters. The van der Waals surface area contributed by atoms with Crippen LogP contribution in [-0.4, -0.2) is 23.6 Å². The van der Waals surface area contributed by atoms with E-state index in [2.05, 4.69) is 19.9 Å². The molecule has 2 rings (SSSR count). The number of benzene rings is 1. The molecule has 1 aromatic heterocycles. The standard InChI is InChI=1S/C9H9FN4O2S/c10-7-1-3-8(4-2-7)17(15,16)13-5-9-11-6-12-14-9/h1-4,6,13H,5H2,(H,11,12,14). The quantitative estimate of drug-likeness (QED) is 0.830. The van der Waals surface area contributed by atoms with Crippen molar-refractivity contribution in [3.63, 3.8) is 0 Å². The minimum Gasteiger partial charge on any atom is -0.262 e. The van der Waals surface area contributed by atoms with Crippen LogP contribution in [0.1, 0.15) is 5.82 Å². The van der Waals surface area contributed by atoms with Crippen LogP contribution in [0.25, 0.3) is 0 Å². The fourth-order valence-electron chi connectivity index (χ4n) is 1.18. The van der Waals surface area contributed by atoms with Crippen LogP contribution in [0.3, 0.4) is 0 Å². The Morgan fingerprint density at radius 3 is 2.59 bits per heavy atom. The fraction of sp³-hybridized carbons (Fsp3) is 0.111. The Morgan fingerprint density at radius 1 is 1.29 bits per heavy atom. The Bertz CT molecular complexity index is 580. The summed E-state index contributed by atoms with van der Waals surface area (Å²) in [7, 11) is -3.66. The minimum atomic E-state index is -3.66. The summed E-state index contributed by atoms with van der Waals surface area (Å²) in [6.45, 7) is -0.000288. The Morgan fingerprint density at radius 2 is 2.00 bits per heavy atom. The molecule has 0 bridgehead atoms. The van der Waals surface area contributed by atoms with E-state index in [1.54, 1.807) is 0 Å². The molecular formula is C9H9FN4O2S. The van der Waals surface area contributed by atoms with Gasteiger partial charge in [-0.1, -0.05) is 0 Å². The number of hydrogen-bond acceptors (Lipinski definition) is 4. The zero-order valence-corrected chi connectivity index (χ0v) is 9.41. The van der Waals surface area contributed by atoms with E-state index in [1.165, 1.54) is 18.5 Å². The Labute approximate surface area is 96.9 Å². The topological polar surface area (TPSA) is 87.7 Å². The van der Waals surface area contributed by atoms with Crippen LogP contribution in [0.2, 0.25) is 0 Å². The monoisotopic (exact) mass is 256 g/mol. The van der Waals surface area contributed by atoms with Gasteiger partial charge in [0.05, 0.1) is 11.4 Å². The van der Waals surface area contributed by atoms with Gasteiger partial charge in [-0.2, -0.15) is 5.10 Å². The molecule has 0 fully saturated rings. The summed E-state index contributed by atoms with van der Waals surface area (Å²) in [4.78, 5) is 3.77. The summed E-state index contributed by atoms with van der Waals surface area (Å²) in [5.41, 5.74) is 0. The van der Waals surface area contributed by atoms with Gasteiger partial charge in [0.2, 0.25) is 10.0 Å². The highest BCUT2D eigenvalue weighted by atomic mass is 32.2. The third kappa shape index (κ3) is 2.86. The van der Waals surface area contributed by atoms with Crippen LogP contribution in [0.15, 0.2) is 35.5 Å². The summed E-state index contributed by atoms with van der Waals surface area (Å²) < 4.78 is 38.4. The van der Waals surface area contributed by atoms with Gasteiger partial charge in [0.1, 0.15) is 18.0 Å². The predicted octanol–water partition coefficient (Wildman–Crippen LogP) is 0.422. The first-order valence-electron chi connectivity index (χ1n) is 4.67. The largest absolute Gasteiger partial charge is 0.262 e. The van der Waals surface area contributed by atoms with Crippen LogP contribution in [0.5, 0.6) is 0 Å². The molecule has 0 saturated heterocycles. The SMILES string of the molecule is O=S(=O)(NCc1ncn[nH]1)c1ccc(F)cc1. The lowest BCUT2D eigenvalue weighted by Gasteiger charge is -2.04. The van der Waals surface area contributed by atoms with Gasteiger partial charge >= 0.3 is 0 Å². The first kappa shape index (κ1) is 11.7. The van der Waals surface area contributed by atoms with Crippen molar-refractivity contribution in [2.75, 3.05) is 0 Å². The molecule has 0 aliphatic rings. The Balaban J connectivity index is 2.11. The van der Waals surface area contributed by atoms with Gasteiger partial charge in [-0.05, 0) is 24.3 Å². The van der Waals surface area contributed by atoms with E-state index < -0.39 is 15.8 Å². The highest BCUT2D eigenvalue weighted by molar-refractivity contribution is 7.89. The van der Waals surface area contributed by atoms with Crippen LogP contribution in [-0.2, 0) is 16.6 Å². The lowest BCUT2D eigenvalue weighted by Crippen LogP contribution is -2.23. The summed E-state index contributed by atoms with van der Waals surface area (Å²) >= 11 is 0. The van der Waals surface area contributed by atoms with E-state index in [0.29, 0.717) is 5.82 Å². The lowest BCUT2D eigenvalue weighted by molar-refractivity contribution is 0.578. The van der Waals surface area contributed by atoms with Crippen LogP contribution >= 0.6 is 0 Å². The summed E-state index contributed by atoms with van der Waals surface area (Å²) in [6, 6.07) is 4.56. The molecule has 0 aliphatic carbocycles. The predicted molar refractivity (Wildman–Crippen MR) is 56.8 cm³/mol. The van der Waals surface area contributed by atoms with Crippen molar-refractivity contribution in [2.45, 2.75) is 11.4 Å². The molecule has 0 saturated carbocycles. The first-order valence-corrected chi connectivity index (χ1v) is 6.16. The van der Waals surface area contributed by atoms with Crippen LogP contribution in [0.4, 0.5) is 4.39 Å². The van der Waals surface area contributed by atoms with Gasteiger partial charge in [-0.3, -0.25) is 5.10 Å². The van der Waals surface area contributed by atoms with Gasteiger partial charge in [-0.15, -0.1) is 0 Å². The lowest BCUT2D eigenvalue weighted by atomic mass is 10.4.